The fraction of sp³-hybridized carbons (Fsp3) is 0.312. The first-order valence-corrected chi connectivity index (χ1v) is 7.59. The Kier molecular flexibility index (Phi) is 5.72. The molecule has 0 aliphatic rings. The van der Waals surface area contributed by atoms with E-state index in [1.165, 1.54) is 0 Å². The van der Waals surface area contributed by atoms with Crippen LogP contribution >= 0.6 is 11.6 Å². The standard InChI is InChI=1S/C16H19ClN4O/c1-3-4-11-21(2)15(22)14-9-10-18-16(20-14)19-13-8-6-5-7-12(13)17/h5-10H,3-4,11H2,1-2H3,(H,18,19,20). The number of nitrogens with one attached hydrogen (secondary N) is 1. The zero-order valence-electron chi connectivity index (χ0n) is 12.7. The van der Waals surface area contributed by atoms with Crippen LogP contribution in [0.15, 0.2) is 36.5 Å². The molecular formula is C16H19ClN4O. The normalized spacial score (nSPS) is 10.3. The predicted octanol–water partition coefficient (Wildman–Crippen LogP) is 3.75. The van der Waals surface area contributed by atoms with Crippen LogP contribution in [0.2, 0.25) is 5.02 Å². The highest BCUT2D eigenvalue weighted by atomic mass is 35.5. The van der Waals surface area contributed by atoms with Crippen LogP contribution in [0.25, 0.3) is 0 Å². The van der Waals surface area contributed by atoms with Crippen molar-refractivity contribution in [1.82, 2.24) is 14.9 Å². The lowest BCUT2D eigenvalue weighted by Gasteiger charge is -2.16. The zero-order chi connectivity index (χ0) is 15.9. The van der Waals surface area contributed by atoms with E-state index in [1.807, 2.05) is 18.2 Å². The Bertz CT molecular complexity index is 648. The molecule has 1 amide bonds. The van der Waals surface area contributed by atoms with Crippen molar-refractivity contribution in [3.63, 3.8) is 0 Å². The largest absolute Gasteiger partial charge is 0.340 e. The average Bonchev–Trinajstić information content (AvgIpc) is 2.54. The minimum Gasteiger partial charge on any atom is -0.340 e. The number of benzene rings is 1. The highest BCUT2D eigenvalue weighted by molar-refractivity contribution is 6.33. The molecule has 1 N–H and O–H groups in total. The number of anilines is 2. The van der Waals surface area contributed by atoms with Crippen LogP contribution in [-0.4, -0.2) is 34.4 Å². The van der Waals surface area contributed by atoms with E-state index in [4.69, 9.17) is 11.6 Å². The maximum absolute atomic E-state index is 12.3. The highest BCUT2D eigenvalue weighted by Crippen LogP contribution is 2.23. The molecule has 5 nitrogen and oxygen atoms in total. The van der Waals surface area contributed by atoms with E-state index in [0.717, 1.165) is 12.8 Å². The van der Waals surface area contributed by atoms with Crippen LogP contribution in [-0.2, 0) is 0 Å². The van der Waals surface area contributed by atoms with Gasteiger partial charge in [0, 0.05) is 19.8 Å². The molecule has 0 bridgehead atoms. The van der Waals surface area contributed by atoms with Gasteiger partial charge in [-0.3, -0.25) is 4.79 Å². The van der Waals surface area contributed by atoms with Crippen molar-refractivity contribution in [2.45, 2.75) is 19.8 Å². The van der Waals surface area contributed by atoms with Gasteiger partial charge in [0.25, 0.3) is 5.91 Å². The van der Waals surface area contributed by atoms with Gasteiger partial charge in [0.15, 0.2) is 0 Å². The Morgan fingerprint density at radius 1 is 1.32 bits per heavy atom. The van der Waals surface area contributed by atoms with Crippen molar-refractivity contribution in [3.8, 4) is 0 Å². The summed E-state index contributed by atoms with van der Waals surface area (Å²) in [6, 6.07) is 8.92. The molecule has 0 spiro atoms. The minimum absolute atomic E-state index is 0.113. The van der Waals surface area contributed by atoms with E-state index >= 15 is 0 Å². The average molecular weight is 319 g/mol. The SMILES string of the molecule is CCCCN(C)C(=O)c1ccnc(Nc2ccccc2Cl)n1. The third-order valence-corrected chi connectivity index (χ3v) is 3.52. The van der Waals surface area contributed by atoms with Gasteiger partial charge >= 0.3 is 0 Å². The Morgan fingerprint density at radius 3 is 2.82 bits per heavy atom. The second kappa shape index (κ2) is 7.75. The molecule has 0 saturated heterocycles. The predicted molar refractivity (Wildman–Crippen MR) is 88.6 cm³/mol. The van der Waals surface area contributed by atoms with E-state index in [-0.39, 0.29) is 5.91 Å². The van der Waals surface area contributed by atoms with Crippen molar-refractivity contribution < 1.29 is 4.79 Å². The van der Waals surface area contributed by atoms with Gasteiger partial charge in [-0.2, -0.15) is 0 Å². The fourth-order valence-electron chi connectivity index (χ4n) is 1.91. The van der Waals surface area contributed by atoms with Crippen LogP contribution in [0, 0.1) is 0 Å². The summed E-state index contributed by atoms with van der Waals surface area (Å²) in [5.74, 6) is 0.237. The van der Waals surface area contributed by atoms with Gasteiger partial charge in [0.05, 0.1) is 10.7 Å². The highest BCUT2D eigenvalue weighted by Gasteiger charge is 2.13. The number of aromatic nitrogens is 2. The van der Waals surface area contributed by atoms with Gasteiger partial charge in [0.2, 0.25) is 5.95 Å². The minimum atomic E-state index is -0.113. The molecule has 1 aromatic heterocycles. The molecule has 0 atom stereocenters. The van der Waals surface area contributed by atoms with Crippen molar-refractivity contribution in [2.24, 2.45) is 0 Å². The number of rotatable bonds is 6. The van der Waals surface area contributed by atoms with Crippen molar-refractivity contribution in [3.05, 3.63) is 47.2 Å². The van der Waals surface area contributed by atoms with Crippen LogP contribution < -0.4 is 5.32 Å². The molecule has 2 aromatic rings. The lowest BCUT2D eigenvalue weighted by atomic mass is 10.3. The maximum atomic E-state index is 12.3. The molecule has 0 unspecified atom stereocenters. The molecule has 0 fully saturated rings. The molecule has 2 rings (SSSR count). The summed E-state index contributed by atoms with van der Waals surface area (Å²) in [7, 11) is 1.78. The van der Waals surface area contributed by atoms with E-state index < -0.39 is 0 Å². The number of halogens is 1. The Labute approximate surface area is 135 Å². The lowest BCUT2D eigenvalue weighted by molar-refractivity contribution is 0.0787. The van der Waals surface area contributed by atoms with E-state index in [2.05, 4.69) is 22.2 Å². The summed E-state index contributed by atoms with van der Waals surface area (Å²) in [5.41, 5.74) is 1.07. The Morgan fingerprint density at radius 2 is 2.09 bits per heavy atom. The topological polar surface area (TPSA) is 58.1 Å². The first-order chi connectivity index (χ1) is 10.6. The van der Waals surface area contributed by atoms with Crippen LogP contribution in [0.4, 0.5) is 11.6 Å². The molecule has 0 aliphatic heterocycles. The molecule has 0 aliphatic carbocycles. The maximum Gasteiger partial charge on any atom is 0.272 e. The molecule has 116 valence electrons. The van der Waals surface area contributed by atoms with Crippen molar-refractivity contribution in [1.29, 1.82) is 0 Å². The first kappa shape index (κ1) is 16.2. The summed E-state index contributed by atoms with van der Waals surface area (Å²) >= 11 is 6.09. The molecule has 1 heterocycles. The van der Waals surface area contributed by atoms with Crippen LogP contribution in [0.5, 0.6) is 0 Å². The third kappa shape index (κ3) is 4.18. The molecule has 22 heavy (non-hydrogen) atoms. The second-order valence-electron chi connectivity index (χ2n) is 4.95. The van der Waals surface area contributed by atoms with Crippen LogP contribution in [0.1, 0.15) is 30.3 Å². The summed E-state index contributed by atoms with van der Waals surface area (Å²) in [6.07, 6.45) is 3.58. The zero-order valence-corrected chi connectivity index (χ0v) is 13.5. The Balaban J connectivity index is 2.13. The monoisotopic (exact) mass is 318 g/mol. The molecule has 1 aromatic carbocycles. The van der Waals surface area contributed by atoms with Gasteiger partial charge in [-0.1, -0.05) is 37.1 Å². The van der Waals surface area contributed by atoms with Crippen molar-refractivity contribution >= 4 is 29.1 Å². The molecular weight excluding hydrogens is 300 g/mol. The summed E-state index contributed by atoms with van der Waals surface area (Å²) < 4.78 is 0. The summed E-state index contributed by atoms with van der Waals surface area (Å²) in [4.78, 5) is 22.4. The molecule has 0 saturated carbocycles. The van der Waals surface area contributed by atoms with Gasteiger partial charge in [-0.25, -0.2) is 9.97 Å². The summed E-state index contributed by atoms with van der Waals surface area (Å²) in [6.45, 7) is 2.81. The third-order valence-electron chi connectivity index (χ3n) is 3.19. The van der Waals surface area contributed by atoms with Gasteiger partial charge in [0.1, 0.15) is 5.69 Å². The Hall–Kier alpha value is -2.14. The smallest absolute Gasteiger partial charge is 0.272 e. The molecule has 6 heteroatoms. The summed E-state index contributed by atoms with van der Waals surface area (Å²) in [5, 5.41) is 3.60. The van der Waals surface area contributed by atoms with Gasteiger partial charge in [-0.05, 0) is 24.6 Å². The van der Waals surface area contributed by atoms with Gasteiger partial charge < -0.3 is 10.2 Å². The lowest BCUT2D eigenvalue weighted by Crippen LogP contribution is -2.28. The first-order valence-electron chi connectivity index (χ1n) is 7.22. The number of carbonyl (C=O) groups excluding carboxylic acids is 1. The number of unbranched alkanes of at least 4 members (excludes halogenated alkanes) is 1. The van der Waals surface area contributed by atoms with Crippen molar-refractivity contribution in [2.75, 3.05) is 18.9 Å². The number of para-hydroxylation sites is 1. The fourth-order valence-corrected chi connectivity index (χ4v) is 2.10. The van der Waals surface area contributed by atoms with Crippen LogP contribution in [0.3, 0.4) is 0 Å². The van der Waals surface area contributed by atoms with E-state index in [1.54, 1.807) is 30.3 Å². The number of carbonyl (C=O) groups is 1. The molecule has 0 radical (unpaired) electrons. The number of hydrogen-bond acceptors (Lipinski definition) is 4. The second-order valence-corrected chi connectivity index (χ2v) is 5.36. The quantitative estimate of drug-likeness (QED) is 0.881. The van der Waals surface area contributed by atoms with E-state index in [9.17, 15) is 4.79 Å². The van der Waals surface area contributed by atoms with Gasteiger partial charge in [-0.15, -0.1) is 0 Å². The number of amides is 1. The number of hydrogen-bond donors (Lipinski definition) is 1. The van der Waals surface area contributed by atoms with E-state index in [0.29, 0.717) is 28.9 Å². The number of nitrogens with zero attached hydrogens (tertiary/aromatic N) is 3.